The summed E-state index contributed by atoms with van der Waals surface area (Å²) in [6, 6.07) is 19.6. The number of aryl methyl sites for hydroxylation is 1. The summed E-state index contributed by atoms with van der Waals surface area (Å²) < 4.78 is 60.2. The molecule has 0 unspecified atom stereocenters. The number of benzene rings is 3. The first-order valence-electron chi connectivity index (χ1n) is 10.5. The number of anilines is 1. The number of rotatable bonds is 9. The third-order valence-corrected chi connectivity index (χ3v) is 7.78. The lowest BCUT2D eigenvalue weighted by Crippen LogP contribution is -2.29. The minimum Gasteiger partial charge on any atom is -0.506 e. The maximum absolute atomic E-state index is 12.7. The summed E-state index contributed by atoms with van der Waals surface area (Å²) in [5.41, 5.74) is 0.657. The van der Waals surface area contributed by atoms with Gasteiger partial charge < -0.3 is 14.9 Å². The van der Waals surface area contributed by atoms with E-state index in [0.29, 0.717) is 29.9 Å². The van der Waals surface area contributed by atoms with Crippen LogP contribution in [-0.2, 0) is 26.7 Å². The molecular formula is C23H23N3O7S2. The van der Waals surface area contributed by atoms with Crippen molar-refractivity contribution < 1.29 is 31.8 Å². The highest BCUT2D eigenvalue weighted by Crippen LogP contribution is 2.32. The molecule has 0 saturated carbocycles. The maximum Gasteiger partial charge on any atom is 0.330 e. The molecule has 0 fully saturated rings. The average Bonchev–Trinajstić information content (AvgIpc) is 3.09. The summed E-state index contributed by atoms with van der Waals surface area (Å²) in [6.45, 7) is 0.148. The Morgan fingerprint density at radius 3 is 2.37 bits per heavy atom. The molecule has 0 radical (unpaired) electrons. The highest BCUT2D eigenvalue weighted by molar-refractivity contribution is 7.91. The SMILES string of the molecule is O=S(=O)(NCCCc1ccc(N2C=C(O)NS2(=O)=O)c(O)c1)c1cccc(Oc2ccccc2)c1. The van der Waals surface area contributed by atoms with Gasteiger partial charge >= 0.3 is 10.2 Å². The van der Waals surface area contributed by atoms with Gasteiger partial charge in [0.05, 0.1) is 11.1 Å². The van der Waals surface area contributed by atoms with Gasteiger partial charge in [-0.1, -0.05) is 30.3 Å². The van der Waals surface area contributed by atoms with Gasteiger partial charge in [0, 0.05) is 12.6 Å². The second kappa shape index (κ2) is 9.86. The Kier molecular flexibility index (Phi) is 6.87. The largest absolute Gasteiger partial charge is 0.506 e. The van der Waals surface area contributed by atoms with Crippen LogP contribution in [0.15, 0.2) is 89.8 Å². The van der Waals surface area contributed by atoms with E-state index >= 15 is 0 Å². The zero-order valence-corrected chi connectivity index (χ0v) is 20.0. The number of hydrogen-bond acceptors (Lipinski definition) is 7. The maximum atomic E-state index is 12.7. The summed E-state index contributed by atoms with van der Waals surface area (Å²) in [6.07, 6.45) is 1.81. The minimum absolute atomic E-state index is 0.0244. The quantitative estimate of drug-likeness (QED) is 0.319. The van der Waals surface area contributed by atoms with Crippen LogP contribution >= 0.6 is 0 Å². The number of ether oxygens (including phenoxy) is 1. The standard InChI is InChI=1S/C23H23N3O7S2/c27-22-14-17(11-12-21(22)26-16-23(28)25-35(26,31)32)6-5-13-24-34(29,30)20-10-4-9-19(15-20)33-18-7-2-1-3-8-18/h1-4,7-12,14-16,24-25,27-28H,5-6,13H2. The Morgan fingerprint density at radius 1 is 0.943 bits per heavy atom. The molecule has 0 amide bonds. The molecule has 10 nitrogen and oxygen atoms in total. The van der Waals surface area contributed by atoms with Crippen molar-refractivity contribution >= 4 is 25.9 Å². The monoisotopic (exact) mass is 517 g/mol. The molecular weight excluding hydrogens is 494 g/mol. The molecule has 4 N–H and O–H groups in total. The van der Waals surface area contributed by atoms with Crippen molar-refractivity contribution in [2.75, 3.05) is 10.8 Å². The van der Waals surface area contributed by atoms with Gasteiger partial charge in [-0.3, -0.25) is 0 Å². The van der Waals surface area contributed by atoms with E-state index in [0.717, 1.165) is 10.5 Å². The van der Waals surface area contributed by atoms with Crippen LogP contribution in [0.3, 0.4) is 0 Å². The predicted molar refractivity (Wildman–Crippen MR) is 130 cm³/mol. The van der Waals surface area contributed by atoms with Crippen molar-refractivity contribution in [2.45, 2.75) is 17.7 Å². The Morgan fingerprint density at radius 2 is 1.69 bits per heavy atom. The van der Waals surface area contributed by atoms with Crippen molar-refractivity contribution in [1.29, 1.82) is 0 Å². The molecule has 3 aromatic rings. The van der Waals surface area contributed by atoms with Crippen LogP contribution in [-0.4, -0.2) is 33.6 Å². The van der Waals surface area contributed by atoms with E-state index in [-0.39, 0.29) is 22.9 Å². The molecule has 1 aliphatic heterocycles. The number of phenols is 1. The molecule has 1 heterocycles. The lowest BCUT2D eigenvalue weighted by molar-refractivity contribution is 0.392. The molecule has 0 bridgehead atoms. The van der Waals surface area contributed by atoms with E-state index in [2.05, 4.69) is 4.72 Å². The summed E-state index contributed by atoms with van der Waals surface area (Å²) in [7, 11) is -7.78. The number of sulfonamides is 1. The number of phenolic OH excluding ortho intramolecular Hbond substituents is 1. The Hall–Kier alpha value is -3.74. The van der Waals surface area contributed by atoms with Crippen LogP contribution in [0.5, 0.6) is 17.2 Å². The van der Waals surface area contributed by atoms with E-state index in [4.69, 9.17) is 4.74 Å². The van der Waals surface area contributed by atoms with Crippen LogP contribution in [0.2, 0.25) is 0 Å². The number of aliphatic hydroxyl groups excluding tert-OH is 1. The van der Waals surface area contributed by atoms with E-state index in [1.54, 1.807) is 30.3 Å². The first-order chi connectivity index (χ1) is 16.6. The van der Waals surface area contributed by atoms with Gasteiger partial charge in [-0.05, 0) is 54.8 Å². The molecule has 184 valence electrons. The summed E-state index contributed by atoms with van der Waals surface area (Å²) in [5.74, 6) is 0.135. The lowest BCUT2D eigenvalue weighted by Gasteiger charge is -2.16. The van der Waals surface area contributed by atoms with Crippen LogP contribution in [0, 0.1) is 0 Å². The van der Waals surface area contributed by atoms with Crippen LogP contribution < -0.4 is 18.5 Å². The number of nitrogens with zero attached hydrogens (tertiary/aromatic N) is 1. The molecule has 0 spiro atoms. The van der Waals surface area contributed by atoms with E-state index < -0.39 is 26.1 Å². The number of nitrogens with one attached hydrogen (secondary N) is 2. The third-order valence-electron chi connectivity index (χ3n) is 5.04. The van der Waals surface area contributed by atoms with Crippen LogP contribution in [0.4, 0.5) is 5.69 Å². The Balaban J connectivity index is 1.34. The third kappa shape index (κ3) is 5.85. The van der Waals surface area contributed by atoms with Crippen molar-refractivity contribution in [3.63, 3.8) is 0 Å². The number of hydrogen-bond donors (Lipinski definition) is 4. The molecule has 1 aliphatic rings. The zero-order valence-electron chi connectivity index (χ0n) is 18.3. The highest BCUT2D eigenvalue weighted by Gasteiger charge is 2.30. The van der Waals surface area contributed by atoms with Crippen molar-refractivity contribution in [2.24, 2.45) is 0 Å². The fourth-order valence-corrected chi connectivity index (χ4v) is 5.59. The predicted octanol–water partition coefficient (Wildman–Crippen LogP) is 3.11. The van der Waals surface area contributed by atoms with Gasteiger partial charge in [-0.2, -0.15) is 8.42 Å². The molecule has 0 atom stereocenters. The first-order valence-corrected chi connectivity index (χ1v) is 13.4. The van der Waals surface area contributed by atoms with Gasteiger partial charge in [0.25, 0.3) is 0 Å². The topological polar surface area (TPSA) is 145 Å². The van der Waals surface area contributed by atoms with Crippen LogP contribution in [0.1, 0.15) is 12.0 Å². The highest BCUT2D eigenvalue weighted by atomic mass is 32.2. The lowest BCUT2D eigenvalue weighted by atomic mass is 10.1. The minimum atomic E-state index is -4.01. The van der Waals surface area contributed by atoms with E-state index in [1.165, 1.54) is 24.3 Å². The molecule has 3 aromatic carbocycles. The van der Waals surface area contributed by atoms with Crippen molar-refractivity contribution in [3.8, 4) is 17.2 Å². The second-order valence-electron chi connectivity index (χ2n) is 7.63. The number of aliphatic hydroxyl groups is 1. The molecule has 0 saturated heterocycles. The summed E-state index contributed by atoms with van der Waals surface area (Å²) in [4.78, 5) is 0.0738. The molecule has 35 heavy (non-hydrogen) atoms. The van der Waals surface area contributed by atoms with Gasteiger partial charge in [0.1, 0.15) is 22.9 Å². The fourth-order valence-electron chi connectivity index (χ4n) is 3.41. The molecule has 0 aromatic heterocycles. The van der Waals surface area contributed by atoms with Gasteiger partial charge in [0.2, 0.25) is 15.9 Å². The smallest absolute Gasteiger partial charge is 0.330 e. The van der Waals surface area contributed by atoms with E-state index in [9.17, 15) is 27.0 Å². The molecule has 0 aliphatic carbocycles. The molecule has 12 heteroatoms. The Labute approximate surface area is 203 Å². The van der Waals surface area contributed by atoms with E-state index in [1.807, 2.05) is 22.9 Å². The van der Waals surface area contributed by atoms with Gasteiger partial charge in [-0.15, -0.1) is 0 Å². The molecule has 4 rings (SSSR count). The van der Waals surface area contributed by atoms with Gasteiger partial charge in [0.15, 0.2) is 0 Å². The summed E-state index contributed by atoms with van der Waals surface area (Å²) >= 11 is 0. The second-order valence-corrected chi connectivity index (χ2v) is 10.9. The number of para-hydroxylation sites is 1. The zero-order chi connectivity index (χ0) is 25.1. The number of aromatic hydroxyl groups is 1. The average molecular weight is 518 g/mol. The normalized spacial score (nSPS) is 14.9. The first kappa shape index (κ1) is 24.4. The summed E-state index contributed by atoms with van der Waals surface area (Å²) in [5, 5.41) is 19.7. The van der Waals surface area contributed by atoms with Crippen molar-refractivity contribution in [3.05, 3.63) is 90.4 Å². The Bertz CT molecular complexity index is 1460. The van der Waals surface area contributed by atoms with Gasteiger partial charge in [-0.25, -0.2) is 22.2 Å². The van der Waals surface area contributed by atoms with Crippen LogP contribution in [0.25, 0.3) is 0 Å². The van der Waals surface area contributed by atoms with Crippen molar-refractivity contribution in [1.82, 2.24) is 9.44 Å². The fraction of sp³-hybridized carbons (Fsp3) is 0.130.